The molecule has 0 aliphatic rings. The van der Waals surface area contributed by atoms with E-state index in [1.165, 1.54) is 6.92 Å². The van der Waals surface area contributed by atoms with E-state index in [1.807, 2.05) is 12.1 Å². The van der Waals surface area contributed by atoms with Gasteiger partial charge in [0.1, 0.15) is 11.8 Å². The van der Waals surface area contributed by atoms with Crippen molar-refractivity contribution in [1.29, 1.82) is 10.5 Å². The third-order valence-electron chi connectivity index (χ3n) is 3.32. The van der Waals surface area contributed by atoms with Gasteiger partial charge in [-0.15, -0.1) is 0 Å². The van der Waals surface area contributed by atoms with Gasteiger partial charge < -0.3 is 14.8 Å². The fourth-order valence-electron chi connectivity index (χ4n) is 1.98. The Labute approximate surface area is 150 Å². The summed E-state index contributed by atoms with van der Waals surface area (Å²) >= 11 is 0. The van der Waals surface area contributed by atoms with Crippen LogP contribution in [0, 0.1) is 22.7 Å². The molecule has 0 fully saturated rings. The fraction of sp³-hybridized carbons (Fsp3) is 0.158. The van der Waals surface area contributed by atoms with Crippen LogP contribution in [0.4, 0.5) is 5.69 Å². The lowest BCUT2D eigenvalue weighted by Crippen LogP contribution is -2.31. The molecule has 1 N–H and O–H groups in total. The Kier molecular flexibility index (Phi) is 6.30. The third-order valence-corrected chi connectivity index (χ3v) is 3.32. The molecule has 0 aliphatic heterocycles. The van der Waals surface area contributed by atoms with Crippen LogP contribution in [0.15, 0.2) is 48.5 Å². The average molecular weight is 349 g/mol. The number of para-hydroxylation sites is 1. The predicted molar refractivity (Wildman–Crippen MR) is 92.0 cm³/mol. The van der Waals surface area contributed by atoms with Crippen LogP contribution in [0.1, 0.15) is 18.1 Å². The Morgan fingerprint density at radius 3 is 2.42 bits per heavy atom. The number of benzene rings is 2. The molecule has 0 aromatic heterocycles. The third kappa shape index (κ3) is 5.08. The zero-order valence-corrected chi connectivity index (χ0v) is 13.9. The van der Waals surface area contributed by atoms with Crippen LogP contribution >= 0.6 is 0 Å². The summed E-state index contributed by atoms with van der Waals surface area (Å²) in [6, 6.07) is 16.7. The SMILES string of the molecule is C[C@H](OC(=O)COc1ccc(C#N)cc1)C(=O)Nc1ccccc1C#N. The molecular weight excluding hydrogens is 334 g/mol. The lowest BCUT2D eigenvalue weighted by molar-refractivity contribution is -0.155. The molecular formula is C19H15N3O4. The van der Waals surface area contributed by atoms with Crippen LogP contribution in [0.2, 0.25) is 0 Å². The number of nitriles is 2. The highest BCUT2D eigenvalue weighted by Gasteiger charge is 2.19. The number of nitrogens with one attached hydrogen (secondary N) is 1. The lowest BCUT2D eigenvalue weighted by atomic mass is 10.2. The smallest absolute Gasteiger partial charge is 0.344 e. The zero-order chi connectivity index (χ0) is 18.9. The molecule has 0 unspecified atom stereocenters. The van der Waals surface area contributed by atoms with Crippen molar-refractivity contribution in [2.75, 3.05) is 11.9 Å². The summed E-state index contributed by atoms with van der Waals surface area (Å²) in [6.45, 7) is 1.04. The molecule has 7 nitrogen and oxygen atoms in total. The van der Waals surface area contributed by atoms with Crippen molar-refractivity contribution in [1.82, 2.24) is 0 Å². The second-order valence-corrected chi connectivity index (χ2v) is 5.20. The Bertz CT molecular complexity index is 879. The molecule has 0 bridgehead atoms. The summed E-state index contributed by atoms with van der Waals surface area (Å²) in [5.74, 6) is -0.869. The van der Waals surface area contributed by atoms with Crippen LogP contribution in [0.25, 0.3) is 0 Å². The van der Waals surface area contributed by atoms with Crippen LogP contribution in [-0.2, 0) is 14.3 Å². The van der Waals surface area contributed by atoms with Gasteiger partial charge in [0, 0.05) is 0 Å². The van der Waals surface area contributed by atoms with Gasteiger partial charge in [-0.2, -0.15) is 10.5 Å². The molecule has 1 atom stereocenters. The van der Waals surface area contributed by atoms with Crippen molar-refractivity contribution < 1.29 is 19.1 Å². The monoisotopic (exact) mass is 349 g/mol. The maximum Gasteiger partial charge on any atom is 0.344 e. The van der Waals surface area contributed by atoms with E-state index in [0.717, 1.165) is 0 Å². The number of ether oxygens (including phenoxy) is 2. The first kappa shape index (κ1) is 18.5. The van der Waals surface area contributed by atoms with Crippen molar-refractivity contribution in [2.45, 2.75) is 13.0 Å². The van der Waals surface area contributed by atoms with E-state index in [4.69, 9.17) is 20.0 Å². The highest BCUT2D eigenvalue weighted by atomic mass is 16.6. The van der Waals surface area contributed by atoms with Crippen molar-refractivity contribution >= 4 is 17.6 Å². The van der Waals surface area contributed by atoms with Crippen molar-refractivity contribution in [3.63, 3.8) is 0 Å². The highest BCUT2D eigenvalue weighted by Crippen LogP contribution is 2.14. The second kappa shape index (κ2) is 8.86. The van der Waals surface area contributed by atoms with Crippen LogP contribution in [0.3, 0.4) is 0 Å². The van der Waals surface area contributed by atoms with Crippen LogP contribution in [0.5, 0.6) is 5.75 Å². The van der Waals surface area contributed by atoms with Crippen LogP contribution in [-0.4, -0.2) is 24.6 Å². The van der Waals surface area contributed by atoms with Gasteiger partial charge in [0.15, 0.2) is 12.7 Å². The van der Waals surface area contributed by atoms with Gasteiger partial charge in [-0.25, -0.2) is 4.79 Å². The van der Waals surface area contributed by atoms with E-state index in [9.17, 15) is 9.59 Å². The first-order valence-electron chi connectivity index (χ1n) is 7.66. The Hall–Kier alpha value is -3.84. The number of esters is 1. The van der Waals surface area contributed by atoms with E-state index in [1.54, 1.807) is 48.5 Å². The van der Waals surface area contributed by atoms with Crippen molar-refractivity contribution in [3.8, 4) is 17.9 Å². The molecule has 0 saturated carbocycles. The van der Waals surface area contributed by atoms with Gasteiger partial charge in [-0.3, -0.25) is 4.79 Å². The zero-order valence-electron chi connectivity index (χ0n) is 13.9. The maximum atomic E-state index is 12.1. The van der Waals surface area contributed by atoms with E-state index < -0.39 is 18.0 Å². The maximum absolute atomic E-state index is 12.1. The minimum Gasteiger partial charge on any atom is -0.482 e. The molecule has 2 aromatic carbocycles. The normalized spacial score (nSPS) is 10.7. The first-order valence-corrected chi connectivity index (χ1v) is 7.66. The van der Waals surface area contributed by atoms with Gasteiger partial charge in [-0.05, 0) is 43.3 Å². The number of anilines is 1. The number of hydrogen-bond donors (Lipinski definition) is 1. The Morgan fingerprint density at radius 1 is 1.08 bits per heavy atom. The number of carbonyl (C=O) groups is 2. The molecule has 7 heteroatoms. The molecule has 0 heterocycles. The molecule has 0 spiro atoms. The van der Waals surface area contributed by atoms with E-state index in [0.29, 0.717) is 22.6 Å². The molecule has 26 heavy (non-hydrogen) atoms. The molecule has 2 rings (SSSR count). The predicted octanol–water partition coefficient (Wildman–Crippen LogP) is 2.38. The largest absolute Gasteiger partial charge is 0.482 e. The average Bonchev–Trinajstić information content (AvgIpc) is 2.67. The van der Waals surface area contributed by atoms with E-state index in [2.05, 4.69) is 5.32 Å². The molecule has 0 aliphatic carbocycles. The fourth-order valence-corrected chi connectivity index (χ4v) is 1.98. The molecule has 0 saturated heterocycles. The number of amides is 1. The summed E-state index contributed by atoms with van der Waals surface area (Å²) in [6.07, 6.45) is -1.06. The first-order chi connectivity index (χ1) is 12.5. The minimum atomic E-state index is -1.06. The number of nitrogens with zero attached hydrogens (tertiary/aromatic N) is 2. The van der Waals surface area contributed by atoms with E-state index in [-0.39, 0.29) is 6.61 Å². The summed E-state index contributed by atoms with van der Waals surface area (Å²) in [4.78, 5) is 23.9. The van der Waals surface area contributed by atoms with Gasteiger partial charge in [-0.1, -0.05) is 12.1 Å². The quantitative estimate of drug-likeness (QED) is 0.801. The Morgan fingerprint density at radius 2 is 1.77 bits per heavy atom. The van der Waals surface area contributed by atoms with Crippen molar-refractivity contribution in [2.24, 2.45) is 0 Å². The number of rotatable bonds is 6. The second-order valence-electron chi connectivity index (χ2n) is 5.20. The standard InChI is InChI=1S/C19H15N3O4/c1-13(19(24)22-17-5-3-2-4-15(17)11-21)26-18(23)12-25-16-8-6-14(10-20)7-9-16/h2-9,13H,12H2,1H3,(H,22,24)/t13-/m0/s1. The topological polar surface area (TPSA) is 112 Å². The number of carbonyl (C=O) groups excluding carboxylic acids is 2. The van der Waals surface area contributed by atoms with Gasteiger partial charge in [0.2, 0.25) is 0 Å². The highest BCUT2D eigenvalue weighted by molar-refractivity contribution is 5.96. The van der Waals surface area contributed by atoms with Gasteiger partial charge in [0.25, 0.3) is 5.91 Å². The van der Waals surface area contributed by atoms with Gasteiger partial charge in [0.05, 0.1) is 22.9 Å². The lowest BCUT2D eigenvalue weighted by Gasteiger charge is -2.14. The molecule has 1 amide bonds. The van der Waals surface area contributed by atoms with Gasteiger partial charge >= 0.3 is 5.97 Å². The van der Waals surface area contributed by atoms with Crippen molar-refractivity contribution in [3.05, 3.63) is 59.7 Å². The Balaban J connectivity index is 1.85. The summed E-state index contributed by atoms with van der Waals surface area (Å²) in [5.41, 5.74) is 1.13. The molecule has 130 valence electrons. The molecule has 2 aromatic rings. The molecule has 0 radical (unpaired) electrons. The summed E-state index contributed by atoms with van der Waals surface area (Å²) in [7, 11) is 0. The van der Waals surface area contributed by atoms with Crippen LogP contribution < -0.4 is 10.1 Å². The van der Waals surface area contributed by atoms with E-state index >= 15 is 0 Å². The summed E-state index contributed by atoms with van der Waals surface area (Å²) < 4.78 is 10.3. The minimum absolute atomic E-state index is 0.309. The summed E-state index contributed by atoms with van der Waals surface area (Å²) in [5, 5.41) is 20.3. The number of hydrogen-bond acceptors (Lipinski definition) is 6.